The molecule has 2 rings (SSSR count). The lowest BCUT2D eigenvalue weighted by Gasteiger charge is -2.42. The minimum atomic E-state index is 0.135. The molecule has 1 fully saturated rings. The zero-order chi connectivity index (χ0) is 12.3. The molecule has 96 valence electrons. The molecule has 0 saturated carbocycles. The van der Waals surface area contributed by atoms with Gasteiger partial charge in [-0.2, -0.15) is 0 Å². The molecule has 0 aliphatic carbocycles. The Kier molecular flexibility index (Phi) is 3.89. The highest BCUT2D eigenvalue weighted by Gasteiger charge is 2.37. The Morgan fingerprint density at radius 2 is 2.12 bits per heavy atom. The van der Waals surface area contributed by atoms with Crippen LogP contribution in [0, 0.1) is 0 Å². The fourth-order valence-corrected chi connectivity index (χ4v) is 2.89. The van der Waals surface area contributed by atoms with E-state index < -0.39 is 0 Å². The summed E-state index contributed by atoms with van der Waals surface area (Å²) in [4.78, 5) is 2.59. The summed E-state index contributed by atoms with van der Waals surface area (Å²) in [7, 11) is 0. The summed E-state index contributed by atoms with van der Waals surface area (Å²) in [6.07, 6.45) is 6.28. The van der Waals surface area contributed by atoms with Crippen LogP contribution in [0.25, 0.3) is 0 Å². The van der Waals surface area contributed by atoms with E-state index in [9.17, 15) is 0 Å². The van der Waals surface area contributed by atoms with Gasteiger partial charge in [0.2, 0.25) is 0 Å². The van der Waals surface area contributed by atoms with Crippen LogP contribution < -0.4 is 5.32 Å². The van der Waals surface area contributed by atoms with Crippen LogP contribution in [-0.4, -0.2) is 30.1 Å². The molecule has 2 heterocycles. The molecule has 0 radical (unpaired) electrons. The maximum atomic E-state index is 5.24. The lowest BCUT2D eigenvalue weighted by molar-refractivity contribution is 0.107. The number of hydrogen-bond acceptors (Lipinski definition) is 3. The van der Waals surface area contributed by atoms with Gasteiger partial charge in [-0.25, -0.2) is 0 Å². The second-order valence-corrected chi connectivity index (χ2v) is 5.40. The average molecular weight is 236 g/mol. The Balaban J connectivity index is 2.19. The zero-order valence-electron chi connectivity index (χ0n) is 11.2. The van der Waals surface area contributed by atoms with Gasteiger partial charge in [0, 0.05) is 11.1 Å². The van der Waals surface area contributed by atoms with E-state index in [1.54, 1.807) is 6.26 Å². The van der Waals surface area contributed by atoms with Gasteiger partial charge in [-0.05, 0) is 52.4 Å². The summed E-state index contributed by atoms with van der Waals surface area (Å²) in [5.41, 5.74) is 1.39. The largest absolute Gasteiger partial charge is 0.472 e. The minimum Gasteiger partial charge on any atom is -0.472 e. The maximum absolute atomic E-state index is 5.24. The van der Waals surface area contributed by atoms with Crippen LogP contribution in [0.3, 0.4) is 0 Å². The van der Waals surface area contributed by atoms with Gasteiger partial charge in [0.1, 0.15) is 0 Å². The quantitative estimate of drug-likeness (QED) is 0.852. The molecule has 1 unspecified atom stereocenters. The van der Waals surface area contributed by atoms with Gasteiger partial charge in [-0.3, -0.25) is 4.90 Å². The molecule has 17 heavy (non-hydrogen) atoms. The number of likely N-dealkylation sites (N-methyl/N-ethyl adjacent to an activating group) is 1. The molecule has 0 amide bonds. The molecule has 1 aromatic heterocycles. The van der Waals surface area contributed by atoms with Crippen LogP contribution in [0.5, 0.6) is 0 Å². The standard InChI is InChI=1S/C14H24N2O/c1-4-15-13(12-7-10-17-11-12)14(2,3)16-8-5-6-9-16/h7,10-11,13,15H,4-6,8-9H2,1-3H3. The summed E-state index contributed by atoms with van der Waals surface area (Å²) >= 11 is 0. The first-order chi connectivity index (χ1) is 8.16. The van der Waals surface area contributed by atoms with E-state index in [2.05, 4.69) is 37.1 Å². The molecule has 1 atom stereocenters. The monoisotopic (exact) mass is 236 g/mol. The van der Waals surface area contributed by atoms with Crippen molar-refractivity contribution in [3.63, 3.8) is 0 Å². The summed E-state index contributed by atoms with van der Waals surface area (Å²) in [5, 5.41) is 3.60. The number of likely N-dealkylation sites (tertiary alicyclic amines) is 1. The topological polar surface area (TPSA) is 28.4 Å². The van der Waals surface area contributed by atoms with Crippen molar-refractivity contribution < 1.29 is 4.42 Å². The Hall–Kier alpha value is -0.800. The molecule has 0 aromatic carbocycles. The minimum absolute atomic E-state index is 0.135. The van der Waals surface area contributed by atoms with Crippen LogP contribution in [0.1, 0.15) is 45.2 Å². The molecule has 3 heteroatoms. The summed E-state index contributed by atoms with van der Waals surface area (Å²) in [6, 6.07) is 2.41. The predicted octanol–water partition coefficient (Wildman–Crippen LogP) is 2.80. The maximum Gasteiger partial charge on any atom is 0.0951 e. The highest BCUT2D eigenvalue weighted by atomic mass is 16.3. The first-order valence-corrected chi connectivity index (χ1v) is 6.66. The Labute approximate surface area is 104 Å². The second-order valence-electron chi connectivity index (χ2n) is 5.40. The van der Waals surface area contributed by atoms with Crippen molar-refractivity contribution in [2.75, 3.05) is 19.6 Å². The van der Waals surface area contributed by atoms with Crippen LogP contribution in [0.4, 0.5) is 0 Å². The molecule has 1 N–H and O–H groups in total. The summed E-state index contributed by atoms with van der Waals surface area (Å²) in [6.45, 7) is 10.2. The predicted molar refractivity (Wildman–Crippen MR) is 70.0 cm³/mol. The Morgan fingerprint density at radius 3 is 2.65 bits per heavy atom. The molecule has 1 aromatic rings. The van der Waals surface area contributed by atoms with E-state index in [1.807, 2.05) is 6.26 Å². The zero-order valence-corrected chi connectivity index (χ0v) is 11.2. The Morgan fingerprint density at radius 1 is 1.41 bits per heavy atom. The van der Waals surface area contributed by atoms with E-state index >= 15 is 0 Å². The van der Waals surface area contributed by atoms with Gasteiger partial charge in [-0.1, -0.05) is 6.92 Å². The molecule has 1 aliphatic heterocycles. The number of nitrogens with one attached hydrogen (secondary N) is 1. The van der Waals surface area contributed by atoms with Gasteiger partial charge >= 0.3 is 0 Å². The van der Waals surface area contributed by atoms with Gasteiger partial charge in [-0.15, -0.1) is 0 Å². The fraction of sp³-hybridized carbons (Fsp3) is 0.714. The molecule has 3 nitrogen and oxygen atoms in total. The lowest BCUT2D eigenvalue weighted by atomic mass is 9.88. The first kappa shape index (κ1) is 12.7. The number of rotatable bonds is 5. The van der Waals surface area contributed by atoms with Gasteiger partial charge in [0.05, 0.1) is 18.6 Å². The van der Waals surface area contributed by atoms with Crippen molar-refractivity contribution in [3.8, 4) is 0 Å². The van der Waals surface area contributed by atoms with Gasteiger partial charge in [0.25, 0.3) is 0 Å². The normalized spacial score (nSPS) is 19.7. The van der Waals surface area contributed by atoms with Crippen LogP contribution in [-0.2, 0) is 0 Å². The average Bonchev–Trinajstić information content (AvgIpc) is 2.97. The number of hydrogen-bond donors (Lipinski definition) is 1. The molecule has 1 saturated heterocycles. The van der Waals surface area contributed by atoms with E-state index in [0.29, 0.717) is 6.04 Å². The van der Waals surface area contributed by atoms with Crippen LogP contribution >= 0.6 is 0 Å². The van der Waals surface area contributed by atoms with Crippen molar-refractivity contribution in [3.05, 3.63) is 24.2 Å². The highest BCUT2D eigenvalue weighted by molar-refractivity contribution is 5.17. The van der Waals surface area contributed by atoms with Crippen LogP contribution in [0.15, 0.2) is 23.0 Å². The fourth-order valence-electron chi connectivity index (χ4n) is 2.89. The third-order valence-corrected chi connectivity index (χ3v) is 3.91. The summed E-state index contributed by atoms with van der Waals surface area (Å²) < 4.78 is 5.24. The lowest BCUT2D eigenvalue weighted by Crippen LogP contribution is -2.51. The van der Waals surface area contributed by atoms with E-state index in [1.165, 1.54) is 31.5 Å². The Bertz CT molecular complexity index is 326. The van der Waals surface area contributed by atoms with E-state index in [4.69, 9.17) is 4.42 Å². The van der Waals surface area contributed by atoms with Crippen molar-refractivity contribution in [2.24, 2.45) is 0 Å². The van der Waals surface area contributed by atoms with Gasteiger partial charge < -0.3 is 9.73 Å². The molecule has 1 aliphatic rings. The van der Waals surface area contributed by atoms with Crippen molar-refractivity contribution >= 4 is 0 Å². The molecular weight excluding hydrogens is 212 g/mol. The summed E-state index contributed by atoms with van der Waals surface area (Å²) in [5.74, 6) is 0. The van der Waals surface area contributed by atoms with Crippen molar-refractivity contribution in [2.45, 2.75) is 45.2 Å². The second kappa shape index (κ2) is 5.23. The number of furan rings is 1. The van der Waals surface area contributed by atoms with Crippen LogP contribution in [0.2, 0.25) is 0 Å². The molecular formula is C14H24N2O. The van der Waals surface area contributed by atoms with Gasteiger partial charge in [0.15, 0.2) is 0 Å². The third-order valence-electron chi connectivity index (χ3n) is 3.91. The third kappa shape index (κ3) is 2.55. The smallest absolute Gasteiger partial charge is 0.0951 e. The highest BCUT2D eigenvalue weighted by Crippen LogP contribution is 2.33. The van der Waals surface area contributed by atoms with Crippen molar-refractivity contribution in [1.82, 2.24) is 10.2 Å². The first-order valence-electron chi connectivity index (χ1n) is 6.66. The molecule has 0 bridgehead atoms. The van der Waals surface area contributed by atoms with E-state index in [0.717, 1.165) is 6.54 Å². The molecule has 0 spiro atoms. The number of nitrogens with zero attached hydrogens (tertiary/aromatic N) is 1. The van der Waals surface area contributed by atoms with E-state index in [-0.39, 0.29) is 5.54 Å². The van der Waals surface area contributed by atoms with Crippen molar-refractivity contribution in [1.29, 1.82) is 0 Å². The SMILES string of the molecule is CCNC(c1ccoc1)C(C)(C)N1CCCC1.